The molecule has 16 heavy (non-hydrogen) atoms. The lowest BCUT2D eigenvalue weighted by atomic mass is 9.67. The van der Waals surface area contributed by atoms with Crippen LogP contribution in [0.5, 0.6) is 0 Å². The minimum absolute atomic E-state index is 0.0533. The highest BCUT2D eigenvalue weighted by Gasteiger charge is 2.57. The Balaban J connectivity index is 3.15. The number of carbonyl (C=O) groups excluding carboxylic acids is 3. The van der Waals surface area contributed by atoms with E-state index in [1.807, 2.05) is 6.92 Å². The Hall–Kier alpha value is -1.19. The molecule has 0 N–H and O–H groups in total. The molecular weight excluding hydrogens is 208 g/mol. The van der Waals surface area contributed by atoms with Crippen molar-refractivity contribution in [3.63, 3.8) is 0 Å². The van der Waals surface area contributed by atoms with Crippen molar-refractivity contribution < 1.29 is 19.1 Å². The van der Waals surface area contributed by atoms with Crippen molar-refractivity contribution in [2.75, 3.05) is 7.11 Å². The first-order chi connectivity index (χ1) is 7.51. The minimum Gasteiger partial charge on any atom is -0.468 e. The summed E-state index contributed by atoms with van der Waals surface area (Å²) in [4.78, 5) is 34.5. The molecule has 4 nitrogen and oxygen atoms in total. The molecule has 90 valence electrons. The van der Waals surface area contributed by atoms with Gasteiger partial charge >= 0.3 is 5.97 Å². The molecule has 0 aromatic heterocycles. The Labute approximate surface area is 95.3 Å². The second-order valence-electron chi connectivity index (χ2n) is 4.53. The van der Waals surface area contributed by atoms with Crippen molar-refractivity contribution in [1.82, 2.24) is 0 Å². The summed E-state index contributed by atoms with van der Waals surface area (Å²) in [6, 6.07) is 0. The molecule has 0 aromatic carbocycles. The van der Waals surface area contributed by atoms with Gasteiger partial charge in [-0.15, -0.1) is 0 Å². The van der Waals surface area contributed by atoms with Gasteiger partial charge in [0, 0.05) is 12.8 Å². The highest BCUT2D eigenvalue weighted by Crippen LogP contribution is 2.47. The van der Waals surface area contributed by atoms with Gasteiger partial charge in [-0.25, -0.2) is 0 Å². The third-order valence-electron chi connectivity index (χ3n) is 3.79. The van der Waals surface area contributed by atoms with Crippen LogP contribution in [0.4, 0.5) is 0 Å². The van der Waals surface area contributed by atoms with Gasteiger partial charge in [0.15, 0.2) is 5.78 Å². The molecule has 1 saturated carbocycles. The number of carbonyl (C=O) groups is 3. The van der Waals surface area contributed by atoms with Crippen molar-refractivity contribution in [3.8, 4) is 0 Å². The van der Waals surface area contributed by atoms with Crippen LogP contribution >= 0.6 is 0 Å². The predicted octanol–water partition coefficient (Wildman–Crippen LogP) is 1.37. The summed E-state index contributed by atoms with van der Waals surface area (Å²) in [7, 11) is 1.29. The Morgan fingerprint density at radius 3 is 2.69 bits per heavy atom. The fourth-order valence-electron chi connectivity index (χ4n) is 2.83. The first-order valence-electron chi connectivity index (χ1n) is 5.57. The first kappa shape index (κ1) is 12.9. The standard InChI is InChI=1S/C12H18O4/c1-8-4-5-10(14)12(8,11(15)16-3)9(2)6-7-13/h7-9H,4-6H2,1-3H3/t8-,9+,12+/m1/s1. The summed E-state index contributed by atoms with van der Waals surface area (Å²) in [6.45, 7) is 3.65. The van der Waals surface area contributed by atoms with E-state index in [1.165, 1.54) is 7.11 Å². The van der Waals surface area contributed by atoms with Gasteiger partial charge in [-0.1, -0.05) is 13.8 Å². The van der Waals surface area contributed by atoms with Gasteiger partial charge < -0.3 is 9.53 Å². The number of rotatable bonds is 4. The fraction of sp³-hybridized carbons (Fsp3) is 0.750. The Kier molecular flexibility index (Phi) is 3.83. The van der Waals surface area contributed by atoms with E-state index >= 15 is 0 Å². The quantitative estimate of drug-likeness (QED) is 0.412. The molecule has 1 aliphatic rings. The van der Waals surface area contributed by atoms with Crippen LogP contribution in [0.2, 0.25) is 0 Å². The van der Waals surface area contributed by atoms with Crippen molar-refractivity contribution in [2.24, 2.45) is 17.3 Å². The highest BCUT2D eigenvalue weighted by atomic mass is 16.5. The van der Waals surface area contributed by atoms with Crippen LogP contribution in [0.3, 0.4) is 0 Å². The summed E-state index contributed by atoms with van der Waals surface area (Å²) in [6.07, 6.45) is 2.06. The monoisotopic (exact) mass is 226 g/mol. The topological polar surface area (TPSA) is 60.4 Å². The Morgan fingerprint density at radius 2 is 2.31 bits per heavy atom. The second-order valence-corrected chi connectivity index (χ2v) is 4.53. The normalized spacial score (nSPS) is 31.2. The molecule has 0 spiro atoms. The molecule has 1 fully saturated rings. The van der Waals surface area contributed by atoms with Crippen LogP contribution < -0.4 is 0 Å². The number of ketones is 1. The zero-order chi connectivity index (χ0) is 12.3. The fourth-order valence-corrected chi connectivity index (χ4v) is 2.83. The predicted molar refractivity (Wildman–Crippen MR) is 57.7 cm³/mol. The van der Waals surface area contributed by atoms with Gasteiger partial charge in [0.05, 0.1) is 7.11 Å². The molecule has 0 aliphatic heterocycles. The van der Waals surface area contributed by atoms with E-state index in [0.717, 1.165) is 6.29 Å². The van der Waals surface area contributed by atoms with Crippen molar-refractivity contribution in [3.05, 3.63) is 0 Å². The number of Topliss-reactive ketones (excluding diaryl/α,β-unsaturated/α-hetero) is 1. The van der Waals surface area contributed by atoms with Crippen molar-refractivity contribution in [1.29, 1.82) is 0 Å². The zero-order valence-corrected chi connectivity index (χ0v) is 9.99. The lowest BCUT2D eigenvalue weighted by Crippen LogP contribution is -2.46. The Morgan fingerprint density at radius 1 is 1.69 bits per heavy atom. The molecule has 0 heterocycles. The molecule has 0 radical (unpaired) electrons. The van der Waals surface area contributed by atoms with E-state index in [0.29, 0.717) is 12.8 Å². The molecule has 0 unspecified atom stereocenters. The van der Waals surface area contributed by atoms with E-state index < -0.39 is 11.4 Å². The molecule has 3 atom stereocenters. The smallest absolute Gasteiger partial charge is 0.319 e. The maximum absolute atomic E-state index is 12.0. The summed E-state index contributed by atoms with van der Waals surface area (Å²) in [5.74, 6) is -0.914. The molecular formula is C12H18O4. The average Bonchev–Trinajstić information content (AvgIpc) is 2.55. The third-order valence-corrected chi connectivity index (χ3v) is 3.79. The highest BCUT2D eigenvalue weighted by molar-refractivity contribution is 6.06. The third kappa shape index (κ3) is 1.66. The number of ether oxygens (including phenoxy) is 1. The van der Waals surface area contributed by atoms with E-state index in [1.54, 1.807) is 6.92 Å². The summed E-state index contributed by atoms with van der Waals surface area (Å²) < 4.78 is 4.77. The average molecular weight is 226 g/mol. The van der Waals surface area contributed by atoms with E-state index in [4.69, 9.17) is 4.74 Å². The molecule has 0 amide bonds. The van der Waals surface area contributed by atoms with Crippen LogP contribution in [0.25, 0.3) is 0 Å². The molecule has 4 heteroatoms. The number of methoxy groups -OCH3 is 1. The van der Waals surface area contributed by atoms with Crippen LogP contribution in [0, 0.1) is 17.3 Å². The number of hydrogen-bond acceptors (Lipinski definition) is 4. The van der Waals surface area contributed by atoms with E-state index in [2.05, 4.69) is 0 Å². The zero-order valence-electron chi connectivity index (χ0n) is 9.99. The first-order valence-corrected chi connectivity index (χ1v) is 5.57. The van der Waals surface area contributed by atoms with Crippen LogP contribution in [0.1, 0.15) is 33.1 Å². The van der Waals surface area contributed by atoms with E-state index in [9.17, 15) is 14.4 Å². The van der Waals surface area contributed by atoms with Crippen LogP contribution in [0.15, 0.2) is 0 Å². The summed E-state index contributed by atoms with van der Waals surface area (Å²) in [5, 5.41) is 0. The van der Waals surface area contributed by atoms with Crippen LogP contribution in [-0.4, -0.2) is 25.1 Å². The summed E-state index contributed by atoms with van der Waals surface area (Å²) in [5.41, 5.74) is -1.10. The van der Waals surface area contributed by atoms with Crippen molar-refractivity contribution in [2.45, 2.75) is 33.1 Å². The maximum atomic E-state index is 12.0. The lowest BCUT2D eigenvalue weighted by Gasteiger charge is -2.34. The van der Waals surface area contributed by atoms with Crippen molar-refractivity contribution >= 4 is 18.0 Å². The number of esters is 1. The maximum Gasteiger partial charge on any atom is 0.319 e. The van der Waals surface area contributed by atoms with Gasteiger partial charge in [0.2, 0.25) is 0 Å². The SMILES string of the molecule is COC(=O)[C@@]1([C@@H](C)CC=O)C(=O)CC[C@H]1C. The minimum atomic E-state index is -1.10. The van der Waals surface area contributed by atoms with Gasteiger partial charge in [-0.05, 0) is 18.3 Å². The summed E-state index contributed by atoms with van der Waals surface area (Å²) >= 11 is 0. The lowest BCUT2D eigenvalue weighted by molar-refractivity contribution is -0.163. The van der Waals surface area contributed by atoms with Crippen LogP contribution in [-0.2, 0) is 19.1 Å². The van der Waals surface area contributed by atoms with Gasteiger partial charge in [-0.3, -0.25) is 9.59 Å². The number of aldehydes is 1. The molecule has 0 bridgehead atoms. The molecule has 1 rings (SSSR count). The van der Waals surface area contributed by atoms with Gasteiger partial charge in [-0.2, -0.15) is 0 Å². The van der Waals surface area contributed by atoms with Gasteiger partial charge in [0.1, 0.15) is 11.7 Å². The number of hydrogen-bond donors (Lipinski definition) is 0. The molecule has 0 saturated heterocycles. The molecule has 0 aromatic rings. The second kappa shape index (κ2) is 4.76. The van der Waals surface area contributed by atoms with E-state index in [-0.39, 0.29) is 24.0 Å². The Bertz CT molecular complexity index is 310. The largest absolute Gasteiger partial charge is 0.468 e. The van der Waals surface area contributed by atoms with Gasteiger partial charge in [0.25, 0.3) is 0 Å². The molecule has 1 aliphatic carbocycles.